The number of para-hydroxylation sites is 1. The highest BCUT2D eigenvalue weighted by Crippen LogP contribution is 2.30. The van der Waals surface area contributed by atoms with Crippen molar-refractivity contribution >= 4 is 28.9 Å². The van der Waals surface area contributed by atoms with E-state index >= 15 is 0 Å². The quantitative estimate of drug-likeness (QED) is 0.679. The number of carbonyl (C=O) groups is 1. The van der Waals surface area contributed by atoms with Gasteiger partial charge in [0.25, 0.3) is 0 Å². The van der Waals surface area contributed by atoms with Crippen molar-refractivity contribution in [3.63, 3.8) is 0 Å². The molecule has 5 nitrogen and oxygen atoms in total. The number of hydrogen-bond acceptors (Lipinski definition) is 5. The molecule has 0 bridgehead atoms. The van der Waals surface area contributed by atoms with Crippen LogP contribution in [0.5, 0.6) is 0 Å². The molecule has 3 aromatic rings. The fraction of sp³-hybridized carbons (Fsp3) is 0.227. The van der Waals surface area contributed by atoms with Gasteiger partial charge in [0, 0.05) is 17.8 Å². The van der Waals surface area contributed by atoms with Crippen molar-refractivity contribution in [3.8, 4) is 0 Å². The molecule has 136 valence electrons. The summed E-state index contributed by atoms with van der Waals surface area (Å²) in [5.41, 5.74) is 5.57. The largest absolute Gasteiger partial charge is 0.339 e. The Hall–Kier alpha value is -3.21. The predicted molar refractivity (Wildman–Crippen MR) is 108 cm³/mol. The zero-order valence-electron chi connectivity index (χ0n) is 15.5. The van der Waals surface area contributed by atoms with Gasteiger partial charge in [0.15, 0.2) is 5.78 Å². The maximum absolute atomic E-state index is 12.6. The Morgan fingerprint density at radius 2 is 1.78 bits per heavy atom. The zero-order chi connectivity index (χ0) is 18.8. The van der Waals surface area contributed by atoms with Gasteiger partial charge in [0.1, 0.15) is 5.82 Å². The van der Waals surface area contributed by atoms with Crippen molar-refractivity contribution in [1.82, 2.24) is 9.97 Å². The van der Waals surface area contributed by atoms with E-state index in [2.05, 4.69) is 20.6 Å². The predicted octanol–water partition coefficient (Wildman–Crippen LogP) is 5.10. The second-order valence-corrected chi connectivity index (χ2v) is 6.93. The van der Waals surface area contributed by atoms with E-state index in [1.54, 1.807) is 0 Å². The maximum atomic E-state index is 12.6. The van der Waals surface area contributed by atoms with Crippen LogP contribution in [0.25, 0.3) is 0 Å². The molecule has 1 aliphatic carbocycles. The number of anilines is 4. The molecule has 0 saturated carbocycles. The number of ketones is 1. The number of aromatic nitrogens is 2. The lowest BCUT2D eigenvalue weighted by atomic mass is 9.95. The van der Waals surface area contributed by atoms with Crippen LogP contribution in [-0.4, -0.2) is 15.8 Å². The van der Waals surface area contributed by atoms with E-state index in [0.717, 1.165) is 41.0 Å². The summed E-state index contributed by atoms with van der Waals surface area (Å²) in [5.74, 6) is 1.19. The summed E-state index contributed by atoms with van der Waals surface area (Å²) >= 11 is 0. The van der Waals surface area contributed by atoms with Crippen LogP contribution in [-0.2, 0) is 6.42 Å². The lowest BCUT2D eigenvalue weighted by Crippen LogP contribution is -2.18. The number of fused-ring (bicyclic) bond motifs is 1. The minimum absolute atomic E-state index is 0.106. The molecule has 0 saturated heterocycles. The third kappa shape index (κ3) is 3.67. The molecule has 1 aliphatic rings. The summed E-state index contributed by atoms with van der Waals surface area (Å²) in [6.07, 6.45) is 2.16. The fourth-order valence-corrected chi connectivity index (χ4v) is 3.36. The van der Waals surface area contributed by atoms with Crippen molar-refractivity contribution in [2.45, 2.75) is 33.1 Å². The smallest absolute Gasteiger partial charge is 0.229 e. The molecule has 0 spiro atoms. The first-order valence-electron chi connectivity index (χ1n) is 9.20. The first-order valence-corrected chi connectivity index (χ1v) is 9.20. The number of benzene rings is 2. The summed E-state index contributed by atoms with van der Waals surface area (Å²) in [5, 5.41) is 6.63. The molecule has 2 aromatic carbocycles. The molecule has 1 heterocycles. The van der Waals surface area contributed by atoms with E-state index in [0.29, 0.717) is 23.8 Å². The molecular formula is C22H22N4O. The molecule has 0 atom stereocenters. The van der Waals surface area contributed by atoms with Gasteiger partial charge in [-0.1, -0.05) is 30.3 Å². The van der Waals surface area contributed by atoms with E-state index in [-0.39, 0.29) is 5.78 Å². The number of carbonyl (C=O) groups excluding carboxylic acids is 1. The van der Waals surface area contributed by atoms with Gasteiger partial charge in [-0.3, -0.25) is 4.79 Å². The van der Waals surface area contributed by atoms with Crippen molar-refractivity contribution in [2.24, 2.45) is 0 Å². The van der Waals surface area contributed by atoms with Crippen molar-refractivity contribution < 1.29 is 4.79 Å². The molecule has 5 heteroatoms. The van der Waals surface area contributed by atoms with Crippen LogP contribution in [0.4, 0.5) is 23.1 Å². The Balaban J connectivity index is 1.76. The third-order valence-corrected chi connectivity index (χ3v) is 4.75. The molecule has 0 amide bonds. The summed E-state index contributed by atoms with van der Waals surface area (Å²) < 4.78 is 0. The van der Waals surface area contributed by atoms with Crippen LogP contribution >= 0.6 is 0 Å². The van der Waals surface area contributed by atoms with Gasteiger partial charge in [-0.25, -0.2) is 4.98 Å². The standard InChI is InChI=1S/C22H22N4O/c1-14-7-5-9-16(13-14)23-22-25-18-11-6-12-19(27)20(18)21(26-22)24-17-10-4-3-8-15(17)2/h3-5,7-10,13H,6,11-12H2,1-2H3,(H2,23,24,25,26). The van der Waals surface area contributed by atoms with E-state index in [4.69, 9.17) is 0 Å². The molecule has 2 N–H and O–H groups in total. The fourth-order valence-electron chi connectivity index (χ4n) is 3.36. The highest BCUT2D eigenvalue weighted by Gasteiger charge is 2.25. The van der Waals surface area contributed by atoms with Gasteiger partial charge in [-0.15, -0.1) is 0 Å². The highest BCUT2D eigenvalue weighted by atomic mass is 16.1. The molecule has 0 radical (unpaired) electrons. The normalized spacial score (nSPS) is 13.2. The Bertz CT molecular complexity index is 1010. The number of rotatable bonds is 4. The maximum Gasteiger partial charge on any atom is 0.229 e. The van der Waals surface area contributed by atoms with Crippen LogP contribution < -0.4 is 10.6 Å². The minimum atomic E-state index is 0.106. The van der Waals surface area contributed by atoms with E-state index < -0.39 is 0 Å². The lowest BCUT2D eigenvalue weighted by molar-refractivity contribution is 0.0972. The van der Waals surface area contributed by atoms with Gasteiger partial charge in [-0.05, 0) is 56.0 Å². The Morgan fingerprint density at radius 1 is 0.926 bits per heavy atom. The molecule has 4 rings (SSSR count). The van der Waals surface area contributed by atoms with Crippen LogP contribution in [0.3, 0.4) is 0 Å². The summed E-state index contributed by atoms with van der Waals surface area (Å²) in [6, 6.07) is 16.0. The van der Waals surface area contributed by atoms with Gasteiger partial charge in [0.05, 0.1) is 11.3 Å². The molecule has 27 heavy (non-hydrogen) atoms. The summed E-state index contributed by atoms with van der Waals surface area (Å²) in [7, 11) is 0. The SMILES string of the molecule is Cc1cccc(Nc2nc3c(c(Nc4ccccc4C)n2)C(=O)CCC3)c1. The first-order chi connectivity index (χ1) is 13.1. The lowest BCUT2D eigenvalue weighted by Gasteiger charge is -2.20. The average molecular weight is 358 g/mol. The molecule has 0 fully saturated rings. The van der Waals surface area contributed by atoms with E-state index in [9.17, 15) is 4.79 Å². The molecule has 0 aliphatic heterocycles. The Kier molecular flexibility index (Phi) is 4.59. The average Bonchev–Trinajstić information content (AvgIpc) is 2.63. The number of aryl methyl sites for hydroxylation is 3. The van der Waals surface area contributed by atoms with Crippen LogP contribution in [0.1, 0.15) is 40.0 Å². The monoisotopic (exact) mass is 358 g/mol. The second-order valence-electron chi connectivity index (χ2n) is 6.93. The van der Waals surface area contributed by atoms with Gasteiger partial charge < -0.3 is 10.6 Å². The van der Waals surface area contributed by atoms with Gasteiger partial charge in [0.2, 0.25) is 5.95 Å². The second kappa shape index (κ2) is 7.19. The van der Waals surface area contributed by atoms with Crippen molar-refractivity contribution in [1.29, 1.82) is 0 Å². The Morgan fingerprint density at radius 3 is 2.59 bits per heavy atom. The van der Waals surface area contributed by atoms with E-state index in [1.807, 2.05) is 62.4 Å². The van der Waals surface area contributed by atoms with Gasteiger partial charge in [-0.2, -0.15) is 4.98 Å². The number of Topliss-reactive ketones (excluding diaryl/α,β-unsaturated/α-hetero) is 1. The summed E-state index contributed by atoms with van der Waals surface area (Å²) in [6.45, 7) is 4.08. The minimum Gasteiger partial charge on any atom is -0.339 e. The molecular weight excluding hydrogens is 336 g/mol. The number of nitrogens with zero attached hydrogens (tertiary/aromatic N) is 2. The van der Waals surface area contributed by atoms with E-state index in [1.165, 1.54) is 0 Å². The number of nitrogens with one attached hydrogen (secondary N) is 2. The molecule has 0 unspecified atom stereocenters. The molecule has 1 aromatic heterocycles. The highest BCUT2D eigenvalue weighted by molar-refractivity contribution is 6.03. The van der Waals surface area contributed by atoms with Crippen LogP contribution in [0.15, 0.2) is 48.5 Å². The van der Waals surface area contributed by atoms with Crippen molar-refractivity contribution in [2.75, 3.05) is 10.6 Å². The van der Waals surface area contributed by atoms with Crippen LogP contribution in [0, 0.1) is 13.8 Å². The Labute approximate surface area is 158 Å². The zero-order valence-corrected chi connectivity index (χ0v) is 15.5. The topological polar surface area (TPSA) is 66.9 Å². The third-order valence-electron chi connectivity index (χ3n) is 4.75. The van der Waals surface area contributed by atoms with Gasteiger partial charge >= 0.3 is 0 Å². The summed E-state index contributed by atoms with van der Waals surface area (Å²) in [4.78, 5) is 21.8. The number of hydrogen-bond donors (Lipinski definition) is 2. The first kappa shape index (κ1) is 17.2. The van der Waals surface area contributed by atoms with Crippen LogP contribution in [0.2, 0.25) is 0 Å². The van der Waals surface area contributed by atoms with Crippen molar-refractivity contribution in [3.05, 3.63) is 70.9 Å².